The molecule has 1 aliphatic rings. The average molecular weight is 419 g/mol. The first kappa shape index (κ1) is 20.2. The molecule has 0 radical (unpaired) electrons. The molecule has 1 aromatic carbocycles. The zero-order chi connectivity index (χ0) is 20.6. The summed E-state index contributed by atoms with van der Waals surface area (Å²) in [4.78, 5) is 4.25. The molecule has 4 rings (SSSR count). The van der Waals surface area contributed by atoms with E-state index in [0.29, 0.717) is 5.25 Å². The third-order valence-corrected chi connectivity index (χ3v) is 5.78. The van der Waals surface area contributed by atoms with Crippen molar-refractivity contribution in [2.75, 3.05) is 6.61 Å². The van der Waals surface area contributed by atoms with Crippen molar-refractivity contribution in [2.24, 2.45) is 0 Å². The maximum absolute atomic E-state index is 8.79. The fourth-order valence-electron chi connectivity index (χ4n) is 3.15. The van der Waals surface area contributed by atoms with Gasteiger partial charge in [0.25, 0.3) is 0 Å². The zero-order valence-corrected chi connectivity index (χ0v) is 17.3. The summed E-state index contributed by atoms with van der Waals surface area (Å²) in [5.41, 5.74) is 1.74. The van der Waals surface area contributed by atoms with Gasteiger partial charge in [-0.15, -0.1) is 10.2 Å². The lowest BCUT2D eigenvalue weighted by Gasteiger charge is -2.16. The van der Waals surface area contributed by atoms with E-state index in [1.807, 2.05) is 47.2 Å². The molecule has 2 heterocycles. The highest BCUT2D eigenvalue weighted by Crippen LogP contribution is 2.31. The monoisotopic (exact) mass is 418 g/mol. The average Bonchev–Trinajstić information content (AvgIpc) is 3.20. The Morgan fingerprint density at radius 2 is 2.10 bits per heavy atom. The fourth-order valence-corrected chi connectivity index (χ4v) is 4.30. The first-order valence-electron chi connectivity index (χ1n) is 9.84. The summed E-state index contributed by atoms with van der Waals surface area (Å²) in [5.74, 6) is 6.94. The van der Waals surface area contributed by atoms with E-state index in [2.05, 4.69) is 39.2 Å². The minimum atomic E-state index is -0.154. The minimum absolute atomic E-state index is 0.154. The molecule has 7 heteroatoms. The van der Waals surface area contributed by atoms with Crippen LogP contribution in [-0.4, -0.2) is 36.7 Å². The van der Waals surface area contributed by atoms with E-state index in [1.54, 1.807) is 18.0 Å². The molecule has 2 aromatic heterocycles. The Morgan fingerprint density at radius 1 is 1.20 bits per heavy atom. The Labute approximate surface area is 180 Å². The molecule has 30 heavy (non-hydrogen) atoms. The van der Waals surface area contributed by atoms with Gasteiger partial charge in [-0.1, -0.05) is 35.8 Å². The molecule has 0 spiro atoms. The highest BCUT2D eigenvalue weighted by molar-refractivity contribution is 7.99. The lowest BCUT2D eigenvalue weighted by atomic mass is 10.1. The smallest absolute Gasteiger partial charge is 0.196 e. The number of thioether (sulfide) groups is 1. The van der Waals surface area contributed by atoms with Crippen LogP contribution in [0.2, 0.25) is 0 Å². The van der Waals surface area contributed by atoms with Crippen LogP contribution in [0.5, 0.6) is 5.75 Å². The summed E-state index contributed by atoms with van der Waals surface area (Å²) in [6.07, 6.45) is 11.5. The molecule has 1 unspecified atom stereocenters. The molecular formula is C23H22N4O2S. The summed E-state index contributed by atoms with van der Waals surface area (Å²) < 4.78 is 7.97. The number of aliphatic hydroxyl groups excluding tert-OH is 1. The fraction of sp³-hybridized carbons (Fsp3) is 0.261. The second kappa shape index (κ2) is 10.1. The van der Waals surface area contributed by atoms with E-state index in [9.17, 15) is 0 Å². The van der Waals surface area contributed by atoms with Crippen molar-refractivity contribution in [2.45, 2.75) is 36.3 Å². The van der Waals surface area contributed by atoms with Gasteiger partial charge in [-0.05, 0) is 55.7 Å². The van der Waals surface area contributed by atoms with Gasteiger partial charge in [0.05, 0.1) is 11.9 Å². The van der Waals surface area contributed by atoms with Gasteiger partial charge in [0.15, 0.2) is 11.0 Å². The second-order valence-corrected chi connectivity index (χ2v) is 7.94. The minimum Gasteiger partial charge on any atom is -0.486 e. The van der Waals surface area contributed by atoms with Crippen LogP contribution in [0.1, 0.15) is 30.7 Å². The lowest BCUT2D eigenvalue weighted by Crippen LogP contribution is -2.09. The summed E-state index contributed by atoms with van der Waals surface area (Å²) in [6, 6.07) is 11.3. The van der Waals surface area contributed by atoms with Crippen molar-refractivity contribution < 1.29 is 9.84 Å². The van der Waals surface area contributed by atoms with Crippen LogP contribution < -0.4 is 4.74 Å². The zero-order valence-electron chi connectivity index (χ0n) is 16.4. The van der Waals surface area contributed by atoms with Gasteiger partial charge in [0, 0.05) is 17.0 Å². The van der Waals surface area contributed by atoms with Crippen LogP contribution in [0, 0.1) is 11.8 Å². The van der Waals surface area contributed by atoms with Gasteiger partial charge >= 0.3 is 0 Å². The summed E-state index contributed by atoms with van der Waals surface area (Å²) >= 11 is 1.72. The largest absolute Gasteiger partial charge is 0.486 e. The van der Waals surface area contributed by atoms with Gasteiger partial charge in [-0.25, -0.2) is 0 Å². The van der Waals surface area contributed by atoms with Crippen LogP contribution in [-0.2, 0) is 6.61 Å². The topological polar surface area (TPSA) is 73.1 Å². The van der Waals surface area contributed by atoms with Gasteiger partial charge in [0.1, 0.15) is 19.0 Å². The molecule has 0 saturated carbocycles. The van der Waals surface area contributed by atoms with E-state index in [4.69, 9.17) is 9.84 Å². The molecule has 3 aromatic rings. The molecule has 0 saturated heterocycles. The molecule has 0 bridgehead atoms. The highest BCUT2D eigenvalue weighted by Gasteiger charge is 2.19. The van der Waals surface area contributed by atoms with Crippen LogP contribution >= 0.6 is 11.8 Å². The molecular weight excluding hydrogens is 396 g/mol. The third kappa shape index (κ3) is 5.09. The Balaban J connectivity index is 1.53. The number of allylic oxidation sites excluding steroid dienone is 1. The van der Waals surface area contributed by atoms with Crippen LogP contribution in [0.25, 0.3) is 5.69 Å². The van der Waals surface area contributed by atoms with Crippen molar-refractivity contribution in [3.05, 3.63) is 72.3 Å². The quantitative estimate of drug-likeness (QED) is 0.485. The number of pyridine rings is 1. The number of aliphatic hydroxyl groups is 1. The molecule has 1 N–H and O–H groups in total. The Kier molecular flexibility index (Phi) is 6.80. The maximum Gasteiger partial charge on any atom is 0.196 e. The predicted octanol–water partition coefficient (Wildman–Crippen LogP) is 3.79. The van der Waals surface area contributed by atoms with E-state index >= 15 is 0 Å². The number of rotatable bonds is 6. The number of aromatic nitrogens is 4. The van der Waals surface area contributed by atoms with Crippen molar-refractivity contribution in [3.8, 4) is 23.3 Å². The summed E-state index contributed by atoms with van der Waals surface area (Å²) in [5, 5.41) is 18.9. The van der Waals surface area contributed by atoms with Crippen molar-refractivity contribution in [1.29, 1.82) is 0 Å². The molecule has 152 valence electrons. The Bertz CT molecular complexity index is 1050. The standard InChI is InChI=1S/C23H22N4O2S/c28-15-5-6-18-10-12-20(13-11-18)29-17-22-25-26-23(30-21-8-2-1-3-9-21)27(22)19-7-4-14-24-16-19/h2,4,7-8,10-14,16,21,28H,1,3,9,15,17H2. The first-order chi connectivity index (χ1) is 14.8. The van der Waals surface area contributed by atoms with Crippen molar-refractivity contribution in [3.63, 3.8) is 0 Å². The number of benzene rings is 1. The molecule has 1 aliphatic carbocycles. The number of ether oxygens (including phenoxy) is 1. The molecule has 0 fully saturated rings. The van der Waals surface area contributed by atoms with Gasteiger partial charge in [0.2, 0.25) is 0 Å². The van der Waals surface area contributed by atoms with Crippen molar-refractivity contribution >= 4 is 11.8 Å². The Morgan fingerprint density at radius 3 is 2.83 bits per heavy atom. The number of hydrogen-bond donors (Lipinski definition) is 1. The van der Waals surface area contributed by atoms with E-state index in [-0.39, 0.29) is 13.2 Å². The van der Waals surface area contributed by atoms with Crippen LogP contribution in [0.4, 0.5) is 0 Å². The van der Waals surface area contributed by atoms with Crippen molar-refractivity contribution in [1.82, 2.24) is 19.7 Å². The van der Waals surface area contributed by atoms with E-state index in [0.717, 1.165) is 40.8 Å². The van der Waals surface area contributed by atoms with Gasteiger partial charge < -0.3 is 9.84 Å². The summed E-state index contributed by atoms with van der Waals surface area (Å²) in [7, 11) is 0. The van der Waals surface area contributed by atoms with E-state index < -0.39 is 0 Å². The van der Waals surface area contributed by atoms with Gasteiger partial charge in [-0.3, -0.25) is 9.55 Å². The third-order valence-electron chi connectivity index (χ3n) is 4.61. The van der Waals surface area contributed by atoms with E-state index in [1.165, 1.54) is 6.42 Å². The molecule has 0 amide bonds. The highest BCUT2D eigenvalue weighted by atomic mass is 32.2. The van der Waals surface area contributed by atoms with Crippen LogP contribution in [0.3, 0.4) is 0 Å². The lowest BCUT2D eigenvalue weighted by molar-refractivity contribution is 0.293. The number of hydrogen-bond acceptors (Lipinski definition) is 6. The normalized spacial score (nSPS) is 15.4. The number of nitrogens with zero attached hydrogens (tertiary/aromatic N) is 4. The molecule has 6 nitrogen and oxygen atoms in total. The SMILES string of the molecule is OCC#Cc1ccc(OCc2nnc(SC3C=CCCC3)n2-c2cccnc2)cc1. The second-order valence-electron chi connectivity index (χ2n) is 6.73. The maximum atomic E-state index is 8.79. The molecule has 0 aliphatic heterocycles. The first-order valence-corrected chi connectivity index (χ1v) is 10.7. The van der Waals surface area contributed by atoms with Gasteiger partial charge in [-0.2, -0.15) is 0 Å². The predicted molar refractivity (Wildman–Crippen MR) is 117 cm³/mol. The Hall–Kier alpha value is -3.08. The summed E-state index contributed by atoms with van der Waals surface area (Å²) in [6.45, 7) is 0.129. The van der Waals surface area contributed by atoms with Crippen LogP contribution in [0.15, 0.2) is 66.1 Å². The molecule has 1 atom stereocenters.